The predicted octanol–water partition coefficient (Wildman–Crippen LogP) is 5.49. The van der Waals surface area contributed by atoms with Crippen LogP contribution in [0, 0.1) is 13.8 Å². The first-order valence-electron chi connectivity index (χ1n) is 8.43. The van der Waals surface area contributed by atoms with Crippen molar-refractivity contribution in [1.82, 2.24) is 0 Å². The van der Waals surface area contributed by atoms with Crippen molar-refractivity contribution >= 4 is 22.6 Å². The van der Waals surface area contributed by atoms with Gasteiger partial charge < -0.3 is 10.5 Å². The smallest absolute Gasteiger partial charge is 0.159 e. The highest BCUT2D eigenvalue weighted by atomic mass is 32.2. The molecular formula is C21H28N2OS. The van der Waals surface area contributed by atoms with Gasteiger partial charge in [-0.05, 0) is 53.6 Å². The van der Waals surface area contributed by atoms with Gasteiger partial charge in [-0.25, -0.2) is 4.99 Å². The summed E-state index contributed by atoms with van der Waals surface area (Å²) in [4.78, 5) is 4.49. The Balaban J connectivity index is 2.17. The molecule has 0 aliphatic rings. The summed E-state index contributed by atoms with van der Waals surface area (Å²) in [6.45, 7) is 11.1. The molecule has 2 rings (SSSR count). The van der Waals surface area contributed by atoms with Gasteiger partial charge in [-0.1, -0.05) is 56.8 Å². The van der Waals surface area contributed by atoms with Crippen molar-refractivity contribution in [2.45, 2.75) is 45.8 Å². The monoisotopic (exact) mass is 356 g/mol. The number of hydrogen-bond donors (Lipinski definition) is 1. The van der Waals surface area contributed by atoms with Crippen LogP contribution < -0.4 is 10.5 Å². The summed E-state index contributed by atoms with van der Waals surface area (Å²) in [5, 5.41) is 0.545. The molecule has 3 nitrogen and oxygen atoms in total. The van der Waals surface area contributed by atoms with Gasteiger partial charge in [0, 0.05) is 5.75 Å². The molecule has 0 radical (unpaired) electrons. The number of methoxy groups -OCH3 is 1. The Hall–Kier alpha value is -1.94. The molecule has 0 atom stereocenters. The number of nitrogens with two attached hydrogens (primary N) is 1. The zero-order valence-corrected chi connectivity index (χ0v) is 16.8. The average Bonchev–Trinajstić information content (AvgIpc) is 2.53. The molecule has 4 heteroatoms. The minimum atomic E-state index is 0.158. The van der Waals surface area contributed by atoms with E-state index in [1.54, 1.807) is 18.9 Å². The van der Waals surface area contributed by atoms with Gasteiger partial charge in [0.25, 0.3) is 0 Å². The van der Waals surface area contributed by atoms with Gasteiger partial charge in [0.05, 0.1) is 7.11 Å². The van der Waals surface area contributed by atoms with E-state index < -0.39 is 0 Å². The predicted molar refractivity (Wildman–Crippen MR) is 110 cm³/mol. The summed E-state index contributed by atoms with van der Waals surface area (Å²) in [6.07, 6.45) is 0. The van der Waals surface area contributed by atoms with E-state index >= 15 is 0 Å². The maximum Gasteiger partial charge on any atom is 0.159 e. The molecule has 0 saturated carbocycles. The van der Waals surface area contributed by atoms with E-state index in [9.17, 15) is 0 Å². The zero-order valence-electron chi connectivity index (χ0n) is 16.0. The maximum absolute atomic E-state index is 6.13. The summed E-state index contributed by atoms with van der Waals surface area (Å²) in [5.41, 5.74) is 12.4. The fourth-order valence-corrected chi connectivity index (χ4v) is 3.58. The first-order chi connectivity index (χ1) is 11.7. The molecule has 2 N–H and O–H groups in total. The van der Waals surface area contributed by atoms with E-state index in [1.165, 1.54) is 22.3 Å². The van der Waals surface area contributed by atoms with Gasteiger partial charge >= 0.3 is 0 Å². The largest absolute Gasteiger partial charge is 0.494 e. The van der Waals surface area contributed by atoms with Crippen LogP contribution in [0.15, 0.2) is 41.4 Å². The lowest BCUT2D eigenvalue weighted by Crippen LogP contribution is -2.13. The minimum Gasteiger partial charge on any atom is -0.494 e. The summed E-state index contributed by atoms with van der Waals surface area (Å²) in [5.74, 6) is 1.54. The number of benzene rings is 2. The molecule has 0 fully saturated rings. The number of amidine groups is 1. The molecule has 0 aliphatic carbocycles. The lowest BCUT2D eigenvalue weighted by atomic mass is 9.84. The second-order valence-electron chi connectivity index (χ2n) is 7.25. The number of ether oxygens (including phenoxy) is 1. The second-order valence-corrected chi connectivity index (χ2v) is 8.24. The van der Waals surface area contributed by atoms with Crippen molar-refractivity contribution < 1.29 is 4.74 Å². The number of rotatable bonds is 4. The third-order valence-corrected chi connectivity index (χ3v) is 5.06. The molecule has 134 valence electrons. The second kappa shape index (κ2) is 7.96. The molecular weight excluding hydrogens is 328 g/mol. The van der Waals surface area contributed by atoms with E-state index in [1.807, 2.05) is 24.3 Å². The highest BCUT2D eigenvalue weighted by molar-refractivity contribution is 8.13. The van der Waals surface area contributed by atoms with Gasteiger partial charge in [0.1, 0.15) is 11.4 Å². The third-order valence-electron chi connectivity index (χ3n) is 4.24. The first-order valence-corrected chi connectivity index (χ1v) is 9.41. The lowest BCUT2D eigenvalue weighted by molar-refractivity contribution is 0.416. The summed E-state index contributed by atoms with van der Waals surface area (Å²) >= 11 is 1.56. The van der Waals surface area contributed by atoms with Crippen LogP contribution >= 0.6 is 11.8 Å². The molecule has 0 aromatic heterocycles. The normalized spacial score (nSPS) is 12.3. The molecule has 2 aromatic rings. The van der Waals surface area contributed by atoms with Crippen LogP contribution in [0.4, 0.5) is 5.69 Å². The number of aliphatic imine (C=N–C) groups is 1. The SMILES string of the molecule is COc1ccccc1N=C(N)SCc1c(C)cc(C(C)(C)C)cc1C. The van der Waals surface area contributed by atoms with Gasteiger partial charge in [-0.2, -0.15) is 0 Å². The molecule has 25 heavy (non-hydrogen) atoms. The van der Waals surface area contributed by atoms with Crippen molar-refractivity contribution in [2.24, 2.45) is 10.7 Å². The molecule has 0 amide bonds. The fraction of sp³-hybridized carbons (Fsp3) is 0.381. The minimum absolute atomic E-state index is 0.158. The standard InChI is InChI=1S/C21H28N2OS/c1-14-11-16(21(3,4)5)12-15(2)17(14)13-25-20(22)23-18-9-7-8-10-19(18)24-6/h7-12H,13H2,1-6H3,(H2,22,23). The molecule has 0 aliphatic heterocycles. The van der Waals surface area contributed by atoms with Crippen molar-refractivity contribution in [2.75, 3.05) is 7.11 Å². The van der Waals surface area contributed by atoms with E-state index in [-0.39, 0.29) is 5.41 Å². The Kier molecular flexibility index (Phi) is 6.17. The number of aryl methyl sites for hydroxylation is 2. The van der Waals surface area contributed by atoms with Crippen molar-refractivity contribution in [3.05, 3.63) is 58.7 Å². The number of nitrogens with zero attached hydrogens (tertiary/aromatic N) is 1. The highest BCUT2D eigenvalue weighted by Crippen LogP contribution is 2.30. The Morgan fingerprint density at radius 2 is 1.72 bits per heavy atom. The maximum atomic E-state index is 6.13. The quantitative estimate of drug-likeness (QED) is 0.582. The van der Waals surface area contributed by atoms with Gasteiger partial charge in [0.15, 0.2) is 5.17 Å². The van der Waals surface area contributed by atoms with Gasteiger partial charge in [-0.15, -0.1) is 0 Å². The Labute approximate surface area is 155 Å². The van der Waals surface area contributed by atoms with Gasteiger partial charge in [0.2, 0.25) is 0 Å². The van der Waals surface area contributed by atoms with E-state index in [2.05, 4.69) is 51.7 Å². The molecule has 0 saturated heterocycles. The van der Waals surface area contributed by atoms with Gasteiger partial charge in [-0.3, -0.25) is 0 Å². The van der Waals surface area contributed by atoms with Crippen molar-refractivity contribution in [3.8, 4) is 5.75 Å². The number of hydrogen-bond acceptors (Lipinski definition) is 3. The van der Waals surface area contributed by atoms with Crippen molar-refractivity contribution in [3.63, 3.8) is 0 Å². The number of thioether (sulfide) groups is 1. The van der Waals surface area contributed by atoms with Crippen LogP contribution in [0.3, 0.4) is 0 Å². The Bertz CT molecular complexity index is 753. The third kappa shape index (κ3) is 5.02. The van der Waals surface area contributed by atoms with Crippen LogP contribution in [0.25, 0.3) is 0 Å². The molecule has 0 bridgehead atoms. The molecule has 2 aromatic carbocycles. The van der Waals surface area contributed by atoms with E-state index in [4.69, 9.17) is 10.5 Å². The topological polar surface area (TPSA) is 47.6 Å². The molecule has 0 unspecified atom stereocenters. The zero-order chi connectivity index (χ0) is 18.6. The van der Waals surface area contributed by atoms with E-state index in [0.717, 1.165) is 17.2 Å². The summed E-state index contributed by atoms with van der Waals surface area (Å²) in [6, 6.07) is 12.2. The molecule has 0 spiro atoms. The van der Waals surface area contributed by atoms with Crippen LogP contribution in [0.1, 0.15) is 43.0 Å². The summed E-state index contributed by atoms with van der Waals surface area (Å²) in [7, 11) is 1.64. The molecule has 0 heterocycles. The number of para-hydroxylation sites is 2. The van der Waals surface area contributed by atoms with E-state index in [0.29, 0.717) is 5.17 Å². The Morgan fingerprint density at radius 3 is 2.28 bits per heavy atom. The fourth-order valence-electron chi connectivity index (χ4n) is 2.67. The van der Waals surface area contributed by atoms with Crippen LogP contribution in [0.2, 0.25) is 0 Å². The van der Waals surface area contributed by atoms with Crippen molar-refractivity contribution in [1.29, 1.82) is 0 Å². The summed E-state index contributed by atoms with van der Waals surface area (Å²) < 4.78 is 5.32. The first kappa shape index (κ1) is 19.4. The lowest BCUT2D eigenvalue weighted by Gasteiger charge is -2.22. The Morgan fingerprint density at radius 1 is 1.12 bits per heavy atom. The average molecular weight is 357 g/mol. The van der Waals surface area contributed by atoms with Crippen LogP contribution in [-0.4, -0.2) is 12.3 Å². The highest BCUT2D eigenvalue weighted by Gasteiger charge is 2.16. The van der Waals surface area contributed by atoms with Crippen LogP contribution in [0.5, 0.6) is 5.75 Å². The van der Waals surface area contributed by atoms with Crippen LogP contribution in [-0.2, 0) is 11.2 Å².